The summed E-state index contributed by atoms with van der Waals surface area (Å²) >= 11 is 1.37. The first-order valence-electron chi connectivity index (χ1n) is 9.21. The number of nitrogens with one attached hydrogen (secondary N) is 1. The van der Waals surface area contributed by atoms with Gasteiger partial charge in [-0.25, -0.2) is 4.98 Å². The van der Waals surface area contributed by atoms with E-state index in [2.05, 4.69) is 10.3 Å². The van der Waals surface area contributed by atoms with Crippen molar-refractivity contribution in [3.05, 3.63) is 29.3 Å². The Labute approximate surface area is 157 Å². The van der Waals surface area contributed by atoms with Gasteiger partial charge in [0.1, 0.15) is 6.10 Å². The normalized spacial score (nSPS) is 18.6. The standard InChI is InChI=1S/C19H25N3O3S/c20-11-5-3-8-14(21-18(24)15-9-4-6-12-25-15)17(23)19-22-13-7-1-2-10-16(13)26-19/h1-2,7,10,14-15H,3-6,8-9,11-12,20H2,(H,21,24)/t14-,15?/m0/s1. The molecule has 0 spiro atoms. The fourth-order valence-corrected chi connectivity index (χ4v) is 4.06. The van der Waals surface area contributed by atoms with Crippen LogP contribution in [-0.2, 0) is 9.53 Å². The topological polar surface area (TPSA) is 94.3 Å². The summed E-state index contributed by atoms with van der Waals surface area (Å²) in [5.41, 5.74) is 6.38. The number of benzene rings is 1. The number of carbonyl (C=O) groups excluding carboxylic acids is 2. The van der Waals surface area contributed by atoms with Crippen molar-refractivity contribution >= 4 is 33.2 Å². The molecule has 7 heteroatoms. The summed E-state index contributed by atoms with van der Waals surface area (Å²) in [6, 6.07) is 7.08. The fraction of sp³-hybridized carbons (Fsp3) is 0.526. The van der Waals surface area contributed by atoms with Crippen molar-refractivity contribution in [2.75, 3.05) is 13.2 Å². The lowest BCUT2D eigenvalue weighted by Crippen LogP contribution is -2.47. The summed E-state index contributed by atoms with van der Waals surface area (Å²) < 4.78 is 6.51. The maximum absolute atomic E-state index is 13.0. The summed E-state index contributed by atoms with van der Waals surface area (Å²) in [5, 5.41) is 3.34. The van der Waals surface area contributed by atoms with E-state index in [1.807, 2.05) is 24.3 Å². The lowest BCUT2D eigenvalue weighted by molar-refractivity contribution is -0.136. The molecule has 140 valence electrons. The van der Waals surface area contributed by atoms with Crippen LogP contribution in [0.4, 0.5) is 0 Å². The van der Waals surface area contributed by atoms with Crippen molar-refractivity contribution in [2.24, 2.45) is 5.73 Å². The SMILES string of the molecule is NCCCC[C@H](NC(=O)C1CCCCO1)C(=O)c1nc2ccccc2s1. The Kier molecular flexibility index (Phi) is 6.71. The number of carbonyl (C=O) groups is 2. The highest BCUT2D eigenvalue weighted by Crippen LogP contribution is 2.23. The molecule has 1 amide bonds. The quantitative estimate of drug-likeness (QED) is 0.546. The predicted molar refractivity (Wildman–Crippen MR) is 102 cm³/mol. The number of ether oxygens (including phenoxy) is 1. The molecule has 1 unspecified atom stereocenters. The Bertz CT molecular complexity index is 722. The zero-order chi connectivity index (χ0) is 18.4. The molecule has 2 aromatic rings. The first kappa shape index (κ1) is 18.9. The lowest BCUT2D eigenvalue weighted by Gasteiger charge is -2.24. The summed E-state index contributed by atoms with van der Waals surface area (Å²) in [6.45, 7) is 1.17. The van der Waals surface area contributed by atoms with Crippen LogP contribution in [0.3, 0.4) is 0 Å². The Morgan fingerprint density at radius 1 is 1.31 bits per heavy atom. The van der Waals surface area contributed by atoms with Crippen LogP contribution in [0.1, 0.15) is 48.3 Å². The first-order chi connectivity index (χ1) is 12.7. The monoisotopic (exact) mass is 375 g/mol. The zero-order valence-corrected chi connectivity index (χ0v) is 15.6. The molecule has 2 heterocycles. The third-order valence-corrected chi connectivity index (χ3v) is 5.61. The highest BCUT2D eigenvalue weighted by Gasteiger charge is 2.29. The molecule has 3 N–H and O–H groups in total. The molecule has 26 heavy (non-hydrogen) atoms. The van der Waals surface area contributed by atoms with Crippen molar-refractivity contribution in [1.82, 2.24) is 10.3 Å². The van der Waals surface area contributed by atoms with Gasteiger partial charge in [-0.15, -0.1) is 11.3 Å². The molecular weight excluding hydrogens is 350 g/mol. The average Bonchev–Trinajstić information content (AvgIpc) is 3.11. The molecule has 1 saturated heterocycles. The number of aromatic nitrogens is 1. The third kappa shape index (κ3) is 4.66. The second-order valence-electron chi connectivity index (χ2n) is 6.55. The molecular formula is C19H25N3O3S. The van der Waals surface area contributed by atoms with Crippen LogP contribution in [0, 0.1) is 0 Å². The van der Waals surface area contributed by atoms with Gasteiger partial charge in [0.2, 0.25) is 11.7 Å². The van der Waals surface area contributed by atoms with E-state index in [4.69, 9.17) is 10.5 Å². The van der Waals surface area contributed by atoms with Crippen LogP contribution in [0.15, 0.2) is 24.3 Å². The smallest absolute Gasteiger partial charge is 0.249 e. The van der Waals surface area contributed by atoms with E-state index in [-0.39, 0.29) is 11.7 Å². The number of Topliss-reactive ketones (excluding diaryl/α,β-unsaturated/α-hetero) is 1. The number of para-hydroxylation sites is 1. The van der Waals surface area contributed by atoms with Gasteiger partial charge < -0.3 is 15.8 Å². The summed E-state index contributed by atoms with van der Waals surface area (Å²) in [5.74, 6) is -0.329. The van der Waals surface area contributed by atoms with Crippen LogP contribution in [0.25, 0.3) is 10.2 Å². The number of ketones is 1. The van der Waals surface area contributed by atoms with Crippen LogP contribution in [0.5, 0.6) is 0 Å². The van der Waals surface area contributed by atoms with Crippen molar-refractivity contribution in [1.29, 1.82) is 0 Å². The number of thiazole rings is 1. The van der Waals surface area contributed by atoms with Crippen molar-refractivity contribution in [3.63, 3.8) is 0 Å². The number of hydrogen-bond donors (Lipinski definition) is 2. The number of amides is 1. The van der Waals surface area contributed by atoms with Crippen molar-refractivity contribution < 1.29 is 14.3 Å². The average molecular weight is 375 g/mol. The number of unbranched alkanes of at least 4 members (excludes halogenated alkanes) is 1. The van der Waals surface area contributed by atoms with E-state index in [1.165, 1.54) is 11.3 Å². The highest BCUT2D eigenvalue weighted by atomic mass is 32.1. The molecule has 0 radical (unpaired) electrons. The summed E-state index contributed by atoms with van der Waals surface area (Å²) in [6.07, 6.45) is 4.36. The van der Waals surface area contributed by atoms with Crippen LogP contribution < -0.4 is 11.1 Å². The molecule has 3 rings (SSSR count). The Hall–Kier alpha value is -1.83. The molecule has 1 aliphatic heterocycles. The second-order valence-corrected chi connectivity index (χ2v) is 7.58. The third-order valence-electron chi connectivity index (χ3n) is 4.56. The maximum Gasteiger partial charge on any atom is 0.249 e. The van der Waals surface area contributed by atoms with Gasteiger partial charge in [0, 0.05) is 6.61 Å². The number of nitrogens with two attached hydrogens (primary N) is 1. The predicted octanol–water partition coefficient (Wildman–Crippen LogP) is 2.66. The molecule has 0 saturated carbocycles. The minimum Gasteiger partial charge on any atom is -0.368 e. The Morgan fingerprint density at radius 2 is 2.15 bits per heavy atom. The largest absolute Gasteiger partial charge is 0.368 e. The molecule has 0 bridgehead atoms. The Morgan fingerprint density at radius 3 is 2.88 bits per heavy atom. The van der Waals surface area contributed by atoms with E-state index in [1.54, 1.807) is 0 Å². The van der Waals surface area contributed by atoms with E-state index in [0.29, 0.717) is 31.0 Å². The molecule has 2 atom stereocenters. The van der Waals surface area contributed by atoms with Crippen molar-refractivity contribution in [3.8, 4) is 0 Å². The van der Waals surface area contributed by atoms with Crippen LogP contribution in [0.2, 0.25) is 0 Å². The number of fused-ring (bicyclic) bond motifs is 1. The summed E-state index contributed by atoms with van der Waals surface area (Å²) in [7, 11) is 0. The minimum atomic E-state index is -0.583. The molecule has 1 fully saturated rings. The number of rotatable bonds is 8. The fourth-order valence-electron chi connectivity index (χ4n) is 3.10. The van der Waals surface area contributed by atoms with Gasteiger partial charge in [-0.05, 0) is 57.2 Å². The summed E-state index contributed by atoms with van der Waals surface area (Å²) in [4.78, 5) is 30.0. The van der Waals surface area contributed by atoms with Gasteiger partial charge in [-0.1, -0.05) is 12.1 Å². The molecule has 6 nitrogen and oxygen atoms in total. The molecule has 1 aliphatic rings. The maximum atomic E-state index is 13.0. The molecule has 1 aromatic carbocycles. The van der Waals surface area contributed by atoms with Gasteiger partial charge in [-0.2, -0.15) is 0 Å². The van der Waals surface area contributed by atoms with Gasteiger partial charge in [0.15, 0.2) is 5.01 Å². The van der Waals surface area contributed by atoms with Crippen LogP contribution >= 0.6 is 11.3 Å². The molecule has 1 aromatic heterocycles. The van der Waals surface area contributed by atoms with Gasteiger partial charge >= 0.3 is 0 Å². The van der Waals surface area contributed by atoms with Crippen LogP contribution in [-0.4, -0.2) is 42.0 Å². The first-order valence-corrected chi connectivity index (χ1v) is 10.0. The lowest BCUT2D eigenvalue weighted by atomic mass is 10.0. The van der Waals surface area contributed by atoms with E-state index < -0.39 is 12.1 Å². The second kappa shape index (κ2) is 9.21. The van der Waals surface area contributed by atoms with Gasteiger partial charge in [0.05, 0.1) is 16.3 Å². The van der Waals surface area contributed by atoms with Gasteiger partial charge in [0.25, 0.3) is 0 Å². The van der Waals surface area contributed by atoms with E-state index >= 15 is 0 Å². The van der Waals surface area contributed by atoms with E-state index in [0.717, 1.165) is 35.9 Å². The van der Waals surface area contributed by atoms with Crippen molar-refractivity contribution in [2.45, 2.75) is 50.7 Å². The van der Waals surface area contributed by atoms with Gasteiger partial charge in [-0.3, -0.25) is 9.59 Å². The molecule has 0 aliphatic carbocycles. The van der Waals surface area contributed by atoms with E-state index in [9.17, 15) is 9.59 Å². The highest BCUT2D eigenvalue weighted by molar-refractivity contribution is 7.20. The minimum absolute atomic E-state index is 0.132. The zero-order valence-electron chi connectivity index (χ0n) is 14.8. The Balaban J connectivity index is 1.73. The number of hydrogen-bond acceptors (Lipinski definition) is 6. The number of nitrogens with zero attached hydrogens (tertiary/aromatic N) is 1.